The van der Waals surface area contributed by atoms with Gasteiger partial charge in [0.15, 0.2) is 0 Å². The zero-order chi connectivity index (χ0) is 13.1. The molecule has 1 atom stereocenters. The number of carbonyl (C=O) groups excluding carboxylic acids is 1. The Hall–Kier alpha value is -1.10. The van der Waals surface area contributed by atoms with Crippen molar-refractivity contribution in [3.8, 4) is 5.75 Å². The summed E-state index contributed by atoms with van der Waals surface area (Å²) in [6, 6.07) is 5.54. The zero-order valence-corrected chi connectivity index (χ0v) is 11.7. The minimum absolute atomic E-state index is 0.0495. The van der Waals surface area contributed by atoms with Gasteiger partial charge in [-0.25, -0.2) is 4.39 Å². The number of rotatable bonds is 3. The van der Waals surface area contributed by atoms with E-state index in [-0.39, 0.29) is 18.9 Å². The summed E-state index contributed by atoms with van der Waals surface area (Å²) in [5.74, 6) is 0.633. The number of alkyl halides is 1. The van der Waals surface area contributed by atoms with E-state index in [1.165, 1.54) is 0 Å². The number of methoxy groups -OCH3 is 1. The van der Waals surface area contributed by atoms with Crippen LogP contribution < -0.4 is 4.74 Å². The Kier molecular flexibility index (Phi) is 4.22. The van der Waals surface area contributed by atoms with Gasteiger partial charge in [0.1, 0.15) is 11.9 Å². The van der Waals surface area contributed by atoms with Crippen LogP contribution in [-0.2, 0) is 11.2 Å². The third-order valence-electron chi connectivity index (χ3n) is 3.07. The van der Waals surface area contributed by atoms with E-state index in [4.69, 9.17) is 4.74 Å². The molecule has 0 unspecified atom stereocenters. The van der Waals surface area contributed by atoms with Gasteiger partial charge >= 0.3 is 0 Å². The second-order valence-electron chi connectivity index (χ2n) is 4.36. The van der Waals surface area contributed by atoms with Crippen LogP contribution in [0.1, 0.15) is 12.0 Å². The van der Waals surface area contributed by atoms with Crippen molar-refractivity contribution in [2.24, 2.45) is 0 Å². The summed E-state index contributed by atoms with van der Waals surface area (Å²) in [6.45, 7) is 0.728. The van der Waals surface area contributed by atoms with Crippen LogP contribution in [0.4, 0.5) is 4.39 Å². The highest BCUT2D eigenvalue weighted by Crippen LogP contribution is 2.24. The van der Waals surface area contributed by atoms with Crippen molar-refractivity contribution in [1.29, 1.82) is 0 Å². The van der Waals surface area contributed by atoms with Crippen LogP contribution in [0.25, 0.3) is 0 Å². The van der Waals surface area contributed by atoms with Crippen molar-refractivity contribution in [3.05, 3.63) is 28.2 Å². The first-order valence-electron chi connectivity index (χ1n) is 5.84. The van der Waals surface area contributed by atoms with Crippen molar-refractivity contribution < 1.29 is 13.9 Å². The first kappa shape index (κ1) is 13.3. The van der Waals surface area contributed by atoms with E-state index in [0.29, 0.717) is 18.7 Å². The minimum Gasteiger partial charge on any atom is -0.496 e. The molecule has 0 radical (unpaired) electrons. The summed E-state index contributed by atoms with van der Waals surface area (Å²) in [5, 5.41) is 0. The molecule has 0 spiro atoms. The van der Waals surface area contributed by atoms with Crippen LogP contribution in [0.15, 0.2) is 22.7 Å². The predicted octanol–water partition coefficient (Wildman–Crippen LogP) is 2.57. The highest BCUT2D eigenvalue weighted by Gasteiger charge is 2.26. The van der Waals surface area contributed by atoms with Crippen LogP contribution in [0.3, 0.4) is 0 Å². The Morgan fingerprint density at radius 1 is 1.61 bits per heavy atom. The maximum Gasteiger partial charge on any atom is 0.227 e. The number of benzene rings is 1. The lowest BCUT2D eigenvalue weighted by Gasteiger charge is -2.16. The number of ether oxygens (including phenoxy) is 1. The second-order valence-corrected chi connectivity index (χ2v) is 5.27. The second kappa shape index (κ2) is 5.69. The van der Waals surface area contributed by atoms with E-state index >= 15 is 0 Å². The van der Waals surface area contributed by atoms with E-state index < -0.39 is 6.17 Å². The molecule has 1 aliphatic heterocycles. The molecule has 1 fully saturated rings. The van der Waals surface area contributed by atoms with Gasteiger partial charge in [0.2, 0.25) is 5.91 Å². The molecule has 1 heterocycles. The monoisotopic (exact) mass is 315 g/mol. The first-order valence-corrected chi connectivity index (χ1v) is 6.63. The van der Waals surface area contributed by atoms with E-state index in [1.807, 2.05) is 18.2 Å². The van der Waals surface area contributed by atoms with E-state index in [1.54, 1.807) is 12.0 Å². The Balaban J connectivity index is 2.09. The van der Waals surface area contributed by atoms with Crippen molar-refractivity contribution in [3.63, 3.8) is 0 Å². The summed E-state index contributed by atoms with van der Waals surface area (Å²) in [6.07, 6.45) is -0.185. The fourth-order valence-electron chi connectivity index (χ4n) is 2.10. The molecule has 0 aromatic heterocycles. The Morgan fingerprint density at radius 3 is 3.00 bits per heavy atom. The normalized spacial score (nSPS) is 19.1. The number of likely N-dealkylation sites (tertiary alicyclic amines) is 1. The summed E-state index contributed by atoms with van der Waals surface area (Å²) >= 11 is 3.37. The van der Waals surface area contributed by atoms with Gasteiger partial charge in [-0.1, -0.05) is 15.9 Å². The average molecular weight is 316 g/mol. The van der Waals surface area contributed by atoms with Crippen LogP contribution in [0.2, 0.25) is 0 Å². The largest absolute Gasteiger partial charge is 0.496 e. The van der Waals surface area contributed by atoms with Gasteiger partial charge in [0.05, 0.1) is 20.1 Å². The molecule has 98 valence electrons. The quantitative estimate of drug-likeness (QED) is 0.858. The molecule has 5 heteroatoms. The molecule has 0 N–H and O–H groups in total. The van der Waals surface area contributed by atoms with Gasteiger partial charge in [0, 0.05) is 16.6 Å². The van der Waals surface area contributed by atoms with Crippen LogP contribution in [0, 0.1) is 0 Å². The van der Waals surface area contributed by atoms with Crippen molar-refractivity contribution >= 4 is 21.8 Å². The smallest absolute Gasteiger partial charge is 0.227 e. The van der Waals surface area contributed by atoms with E-state index in [2.05, 4.69) is 15.9 Å². The molecule has 1 aromatic carbocycles. The molecule has 1 aromatic rings. The maximum atomic E-state index is 13.1. The average Bonchev–Trinajstić information content (AvgIpc) is 2.76. The maximum absolute atomic E-state index is 13.1. The Labute approximate surface area is 114 Å². The fraction of sp³-hybridized carbons (Fsp3) is 0.462. The lowest BCUT2D eigenvalue weighted by molar-refractivity contribution is -0.129. The third kappa shape index (κ3) is 3.02. The SMILES string of the molecule is COc1ccc(Br)cc1CC(=O)N1CC[C@@H](F)C1. The number of amides is 1. The third-order valence-corrected chi connectivity index (χ3v) is 3.56. The molecule has 0 aliphatic carbocycles. The van der Waals surface area contributed by atoms with E-state index in [9.17, 15) is 9.18 Å². The number of carbonyl (C=O) groups is 1. The van der Waals surface area contributed by atoms with Gasteiger partial charge in [0.25, 0.3) is 0 Å². The van der Waals surface area contributed by atoms with Crippen molar-refractivity contribution in [1.82, 2.24) is 4.90 Å². The topological polar surface area (TPSA) is 29.5 Å². The number of hydrogen-bond acceptors (Lipinski definition) is 2. The molecular formula is C13H15BrFNO2. The lowest BCUT2D eigenvalue weighted by Crippen LogP contribution is -2.30. The number of halogens is 2. The molecule has 1 saturated heterocycles. The summed E-state index contributed by atoms with van der Waals surface area (Å²) in [7, 11) is 1.57. The summed E-state index contributed by atoms with van der Waals surface area (Å²) in [4.78, 5) is 13.6. The van der Waals surface area contributed by atoms with Gasteiger partial charge in [-0.05, 0) is 24.6 Å². The summed E-state index contributed by atoms with van der Waals surface area (Å²) in [5.41, 5.74) is 0.819. The molecule has 3 nitrogen and oxygen atoms in total. The molecule has 0 saturated carbocycles. The van der Waals surface area contributed by atoms with Gasteiger partial charge < -0.3 is 9.64 Å². The lowest BCUT2D eigenvalue weighted by atomic mass is 10.1. The fourth-order valence-corrected chi connectivity index (χ4v) is 2.51. The molecule has 1 amide bonds. The van der Waals surface area contributed by atoms with Crippen LogP contribution in [-0.4, -0.2) is 37.2 Å². The van der Waals surface area contributed by atoms with Gasteiger partial charge in [-0.3, -0.25) is 4.79 Å². The van der Waals surface area contributed by atoms with E-state index in [0.717, 1.165) is 10.0 Å². The number of hydrogen-bond donors (Lipinski definition) is 0. The standard InChI is InChI=1S/C13H15BrFNO2/c1-18-12-3-2-10(14)6-9(12)7-13(17)16-5-4-11(15)8-16/h2-3,6,11H,4-5,7-8H2,1H3/t11-/m1/s1. The predicted molar refractivity (Wildman–Crippen MR) is 70.5 cm³/mol. The van der Waals surface area contributed by atoms with Crippen molar-refractivity contribution in [2.45, 2.75) is 19.0 Å². The Bertz CT molecular complexity index is 453. The molecule has 18 heavy (non-hydrogen) atoms. The highest BCUT2D eigenvalue weighted by atomic mass is 79.9. The summed E-state index contributed by atoms with van der Waals surface area (Å²) < 4.78 is 19.2. The molecule has 0 bridgehead atoms. The zero-order valence-electron chi connectivity index (χ0n) is 10.2. The van der Waals surface area contributed by atoms with Gasteiger partial charge in [-0.2, -0.15) is 0 Å². The first-order chi connectivity index (χ1) is 8.60. The number of nitrogens with zero attached hydrogens (tertiary/aromatic N) is 1. The van der Waals surface area contributed by atoms with Crippen LogP contribution in [0.5, 0.6) is 5.75 Å². The minimum atomic E-state index is -0.877. The molecule has 2 rings (SSSR count). The Morgan fingerprint density at radius 2 is 2.39 bits per heavy atom. The van der Waals surface area contributed by atoms with Crippen LogP contribution >= 0.6 is 15.9 Å². The van der Waals surface area contributed by atoms with Crippen molar-refractivity contribution in [2.75, 3.05) is 20.2 Å². The molecule has 1 aliphatic rings. The van der Waals surface area contributed by atoms with Gasteiger partial charge in [-0.15, -0.1) is 0 Å². The molecular weight excluding hydrogens is 301 g/mol. The highest BCUT2D eigenvalue weighted by molar-refractivity contribution is 9.10.